The van der Waals surface area contributed by atoms with Crippen LogP contribution in [0.15, 0.2) is 71.6 Å². The van der Waals surface area contributed by atoms with Crippen molar-refractivity contribution in [2.75, 3.05) is 23.8 Å². The minimum absolute atomic E-state index is 0.0525. The van der Waals surface area contributed by atoms with Gasteiger partial charge in [0.1, 0.15) is 11.5 Å². The van der Waals surface area contributed by atoms with Gasteiger partial charge < -0.3 is 14.8 Å². The molecule has 9 heteroatoms. The summed E-state index contributed by atoms with van der Waals surface area (Å²) >= 11 is 5.96. The molecular weight excluding hydrogens is 440 g/mol. The number of halogens is 1. The number of methoxy groups -OCH3 is 1. The first-order chi connectivity index (χ1) is 14.8. The van der Waals surface area contributed by atoms with E-state index in [2.05, 4.69) is 10.0 Å². The van der Waals surface area contributed by atoms with Crippen molar-refractivity contribution in [1.29, 1.82) is 0 Å². The van der Waals surface area contributed by atoms with E-state index in [1.807, 2.05) is 0 Å². The first-order valence-electron chi connectivity index (χ1n) is 9.33. The summed E-state index contributed by atoms with van der Waals surface area (Å²) in [7, 11) is -2.51. The molecule has 3 aromatic rings. The van der Waals surface area contributed by atoms with E-state index in [9.17, 15) is 13.2 Å². The lowest BCUT2D eigenvalue weighted by Gasteiger charge is -2.15. The highest BCUT2D eigenvalue weighted by Crippen LogP contribution is 2.31. The van der Waals surface area contributed by atoms with Gasteiger partial charge in [-0.05, 0) is 55.5 Å². The summed E-state index contributed by atoms with van der Waals surface area (Å²) in [6.07, 6.45) is 0. The molecule has 162 valence electrons. The molecule has 0 spiro atoms. The maximum Gasteiger partial charge on any atom is 0.262 e. The van der Waals surface area contributed by atoms with Crippen LogP contribution in [0.25, 0.3) is 0 Å². The largest absolute Gasteiger partial charge is 0.495 e. The number of nitrogens with one attached hydrogen (secondary N) is 2. The fraction of sp³-hybridized carbons (Fsp3) is 0.136. The summed E-state index contributed by atoms with van der Waals surface area (Å²) in [5.41, 5.74) is 0.841. The molecule has 0 aliphatic heterocycles. The van der Waals surface area contributed by atoms with Gasteiger partial charge in [0.2, 0.25) is 0 Å². The summed E-state index contributed by atoms with van der Waals surface area (Å²) in [5.74, 6) is 0.274. The maximum atomic E-state index is 13.0. The predicted octanol–water partition coefficient (Wildman–Crippen LogP) is 4.80. The summed E-state index contributed by atoms with van der Waals surface area (Å²) in [6, 6.07) is 17.3. The third-order valence-corrected chi connectivity index (χ3v) is 5.85. The number of para-hydroxylation sites is 2. The van der Waals surface area contributed by atoms with Gasteiger partial charge in [-0.15, -0.1) is 0 Å². The van der Waals surface area contributed by atoms with Gasteiger partial charge in [0.25, 0.3) is 15.9 Å². The normalized spacial score (nSPS) is 10.9. The number of amides is 1. The van der Waals surface area contributed by atoms with Crippen LogP contribution in [0, 0.1) is 0 Å². The molecule has 7 nitrogen and oxygen atoms in total. The van der Waals surface area contributed by atoms with Gasteiger partial charge >= 0.3 is 0 Å². The van der Waals surface area contributed by atoms with Gasteiger partial charge in [0.05, 0.1) is 30.0 Å². The van der Waals surface area contributed by atoms with E-state index in [4.69, 9.17) is 21.1 Å². The van der Waals surface area contributed by atoms with Gasteiger partial charge in [-0.3, -0.25) is 9.52 Å². The topological polar surface area (TPSA) is 93.7 Å². The second-order valence-electron chi connectivity index (χ2n) is 6.36. The van der Waals surface area contributed by atoms with Crippen molar-refractivity contribution in [3.8, 4) is 11.5 Å². The lowest BCUT2D eigenvalue weighted by atomic mass is 10.2. The molecule has 0 aromatic heterocycles. The van der Waals surface area contributed by atoms with Crippen LogP contribution < -0.4 is 19.5 Å². The molecule has 0 fully saturated rings. The van der Waals surface area contributed by atoms with Crippen LogP contribution in [0.3, 0.4) is 0 Å². The van der Waals surface area contributed by atoms with Gasteiger partial charge in [-0.1, -0.05) is 29.8 Å². The molecule has 0 radical (unpaired) electrons. The number of hydrogen-bond donors (Lipinski definition) is 2. The Kier molecular flexibility index (Phi) is 7.04. The first-order valence-corrected chi connectivity index (χ1v) is 11.2. The molecule has 0 saturated heterocycles. The number of benzene rings is 3. The van der Waals surface area contributed by atoms with Crippen LogP contribution in [0.1, 0.15) is 17.3 Å². The minimum atomic E-state index is -3.97. The van der Waals surface area contributed by atoms with Gasteiger partial charge in [-0.25, -0.2) is 8.42 Å². The molecule has 3 aromatic carbocycles. The second kappa shape index (κ2) is 9.72. The Labute approximate surface area is 186 Å². The number of ether oxygens (including phenoxy) is 2. The fourth-order valence-electron chi connectivity index (χ4n) is 2.81. The molecular formula is C22H21ClN2O5S. The van der Waals surface area contributed by atoms with E-state index in [1.165, 1.54) is 31.4 Å². The molecule has 0 unspecified atom stereocenters. The monoisotopic (exact) mass is 460 g/mol. The van der Waals surface area contributed by atoms with Crippen LogP contribution in [0.5, 0.6) is 11.5 Å². The third kappa shape index (κ3) is 5.48. The van der Waals surface area contributed by atoms with Crippen LogP contribution in [0.2, 0.25) is 5.02 Å². The van der Waals surface area contributed by atoms with Crippen LogP contribution in [-0.2, 0) is 10.0 Å². The first kappa shape index (κ1) is 22.5. The zero-order valence-electron chi connectivity index (χ0n) is 16.9. The van der Waals surface area contributed by atoms with Crippen LogP contribution in [0.4, 0.5) is 11.4 Å². The SMILES string of the molecule is CCOc1ccc(S(=O)(=O)Nc2ccccc2OC)cc1NC(=O)c1cccc(Cl)c1. The number of hydrogen-bond acceptors (Lipinski definition) is 5. The van der Waals surface area contributed by atoms with Crippen LogP contribution in [-0.4, -0.2) is 28.0 Å². The van der Waals surface area contributed by atoms with Crippen molar-refractivity contribution in [2.45, 2.75) is 11.8 Å². The summed E-state index contributed by atoms with van der Waals surface area (Å²) in [6.45, 7) is 2.13. The van der Waals surface area contributed by atoms with Crippen molar-refractivity contribution >= 4 is 38.9 Å². The molecule has 2 N–H and O–H groups in total. The smallest absolute Gasteiger partial charge is 0.262 e. The Morgan fingerprint density at radius 1 is 0.968 bits per heavy atom. The fourth-order valence-corrected chi connectivity index (χ4v) is 4.10. The quantitative estimate of drug-likeness (QED) is 0.503. The van der Waals surface area contributed by atoms with Gasteiger partial charge in [0.15, 0.2) is 0 Å². The molecule has 0 atom stereocenters. The highest BCUT2D eigenvalue weighted by molar-refractivity contribution is 7.92. The highest BCUT2D eigenvalue weighted by Gasteiger charge is 2.20. The van der Waals surface area contributed by atoms with Crippen molar-refractivity contribution < 1.29 is 22.7 Å². The average molecular weight is 461 g/mol. The Morgan fingerprint density at radius 3 is 2.45 bits per heavy atom. The lowest BCUT2D eigenvalue weighted by molar-refractivity contribution is 0.102. The van der Waals surface area contributed by atoms with Gasteiger partial charge in [-0.2, -0.15) is 0 Å². The van der Waals surface area contributed by atoms with Crippen molar-refractivity contribution in [3.05, 3.63) is 77.3 Å². The number of anilines is 2. The Balaban J connectivity index is 1.94. The number of carbonyl (C=O) groups excluding carboxylic acids is 1. The highest BCUT2D eigenvalue weighted by atomic mass is 35.5. The predicted molar refractivity (Wildman–Crippen MR) is 121 cm³/mol. The van der Waals surface area contributed by atoms with E-state index in [0.717, 1.165) is 0 Å². The molecule has 0 heterocycles. The van der Waals surface area contributed by atoms with E-state index in [-0.39, 0.29) is 10.6 Å². The van der Waals surface area contributed by atoms with E-state index < -0.39 is 15.9 Å². The van der Waals surface area contributed by atoms with E-state index in [0.29, 0.717) is 34.4 Å². The van der Waals surface area contributed by atoms with E-state index in [1.54, 1.807) is 49.4 Å². The molecule has 0 aliphatic rings. The van der Waals surface area contributed by atoms with Crippen molar-refractivity contribution in [2.24, 2.45) is 0 Å². The Bertz CT molecular complexity index is 1200. The lowest BCUT2D eigenvalue weighted by Crippen LogP contribution is -2.16. The van der Waals surface area contributed by atoms with Crippen molar-refractivity contribution in [3.63, 3.8) is 0 Å². The molecule has 0 aliphatic carbocycles. The zero-order valence-corrected chi connectivity index (χ0v) is 18.5. The number of sulfonamides is 1. The molecule has 3 rings (SSSR count). The van der Waals surface area contributed by atoms with E-state index >= 15 is 0 Å². The molecule has 0 bridgehead atoms. The van der Waals surface area contributed by atoms with Crippen molar-refractivity contribution in [1.82, 2.24) is 0 Å². The summed E-state index contributed by atoms with van der Waals surface area (Å²) < 4.78 is 39.2. The zero-order chi connectivity index (χ0) is 22.4. The minimum Gasteiger partial charge on any atom is -0.495 e. The van der Waals surface area contributed by atoms with Crippen LogP contribution >= 0.6 is 11.6 Å². The average Bonchev–Trinajstić information content (AvgIpc) is 2.75. The molecule has 0 saturated carbocycles. The number of carbonyl (C=O) groups is 1. The third-order valence-electron chi connectivity index (χ3n) is 4.25. The molecule has 1 amide bonds. The molecule has 31 heavy (non-hydrogen) atoms. The Morgan fingerprint density at radius 2 is 1.74 bits per heavy atom. The Hall–Kier alpha value is -3.23. The number of rotatable bonds is 8. The van der Waals surface area contributed by atoms with Gasteiger partial charge in [0, 0.05) is 10.6 Å². The standard InChI is InChI=1S/C22H21ClN2O5S/c1-3-30-21-12-11-17(31(27,28)25-18-9-4-5-10-20(18)29-2)14-19(21)24-22(26)15-7-6-8-16(23)13-15/h4-14,25H,3H2,1-2H3,(H,24,26). The maximum absolute atomic E-state index is 13.0. The summed E-state index contributed by atoms with van der Waals surface area (Å²) in [4.78, 5) is 12.6. The summed E-state index contributed by atoms with van der Waals surface area (Å²) in [5, 5.41) is 3.11. The second-order valence-corrected chi connectivity index (χ2v) is 8.48.